The van der Waals surface area contributed by atoms with E-state index in [2.05, 4.69) is 52.8 Å². The largest absolute Gasteiger partial charge is 0.370 e. The summed E-state index contributed by atoms with van der Waals surface area (Å²) in [6.07, 6.45) is 6.32. The van der Waals surface area contributed by atoms with Crippen LogP contribution in [0.4, 0.5) is 11.5 Å². The van der Waals surface area contributed by atoms with Gasteiger partial charge in [0.15, 0.2) is 5.65 Å². The third-order valence-corrected chi connectivity index (χ3v) is 6.59. The third-order valence-electron chi connectivity index (χ3n) is 6.59. The number of piperazine rings is 1. The van der Waals surface area contributed by atoms with Crippen LogP contribution in [0, 0.1) is 17.2 Å². The van der Waals surface area contributed by atoms with E-state index in [1.54, 1.807) is 24.7 Å². The van der Waals surface area contributed by atoms with Crippen molar-refractivity contribution in [2.24, 2.45) is 5.92 Å². The van der Waals surface area contributed by atoms with E-state index in [1.165, 1.54) is 0 Å². The maximum Gasteiger partial charge on any atom is 0.225 e. The Labute approximate surface area is 207 Å². The summed E-state index contributed by atoms with van der Waals surface area (Å²) in [7, 11) is 0. The molecule has 0 unspecified atom stereocenters. The minimum Gasteiger partial charge on any atom is -0.370 e. The fourth-order valence-electron chi connectivity index (χ4n) is 4.84. The van der Waals surface area contributed by atoms with E-state index in [1.807, 2.05) is 23.3 Å². The fraction of sp³-hybridized carbons (Fsp3) is 0.500. The molecule has 1 aliphatic heterocycles. The van der Waals surface area contributed by atoms with Crippen LogP contribution < -0.4 is 9.80 Å². The molecule has 9 heteroatoms. The summed E-state index contributed by atoms with van der Waals surface area (Å²) in [6, 6.07) is 5.79. The Morgan fingerprint density at radius 3 is 2.71 bits per heavy atom. The lowest BCUT2D eigenvalue weighted by Gasteiger charge is -2.41. The first-order chi connectivity index (χ1) is 16.9. The van der Waals surface area contributed by atoms with Gasteiger partial charge < -0.3 is 14.7 Å². The number of fused-ring (bicyclic) bond motifs is 1. The molecular formula is C26H34N8O. The minimum atomic E-state index is -0.0102. The maximum absolute atomic E-state index is 12.6. The molecule has 4 heterocycles. The van der Waals surface area contributed by atoms with Crippen LogP contribution in [-0.4, -0.2) is 69.1 Å². The lowest BCUT2D eigenvalue weighted by molar-refractivity contribution is -0.135. The van der Waals surface area contributed by atoms with E-state index in [0.29, 0.717) is 31.0 Å². The highest BCUT2D eigenvalue weighted by atomic mass is 16.2. The molecule has 1 atom stereocenters. The number of carbonyl (C=O) groups excluding carboxylic acids is 1. The van der Waals surface area contributed by atoms with Gasteiger partial charge in [0.2, 0.25) is 5.91 Å². The molecule has 0 radical (unpaired) electrons. The molecule has 0 aromatic carbocycles. The monoisotopic (exact) mass is 474 g/mol. The molecule has 0 aliphatic carbocycles. The van der Waals surface area contributed by atoms with Gasteiger partial charge in [-0.25, -0.2) is 15.0 Å². The summed E-state index contributed by atoms with van der Waals surface area (Å²) in [5.74, 6) is 1.71. The molecular weight excluding hydrogens is 440 g/mol. The summed E-state index contributed by atoms with van der Waals surface area (Å²) in [6.45, 7) is 14.2. The zero-order chi connectivity index (χ0) is 25.1. The van der Waals surface area contributed by atoms with Gasteiger partial charge in [0.05, 0.1) is 22.7 Å². The summed E-state index contributed by atoms with van der Waals surface area (Å²) < 4.78 is 1.96. The van der Waals surface area contributed by atoms with Gasteiger partial charge in [-0.15, -0.1) is 0 Å². The minimum absolute atomic E-state index is 0.0102. The third kappa shape index (κ3) is 4.65. The van der Waals surface area contributed by atoms with Gasteiger partial charge in [0.25, 0.3) is 0 Å². The first kappa shape index (κ1) is 24.5. The Hall–Kier alpha value is -3.67. The molecule has 1 aliphatic rings. The molecule has 3 aromatic heterocycles. The zero-order valence-electron chi connectivity index (χ0n) is 21.3. The summed E-state index contributed by atoms with van der Waals surface area (Å²) >= 11 is 0. The zero-order valence-corrected chi connectivity index (χ0v) is 21.3. The lowest BCUT2D eigenvalue weighted by atomic mass is 10.1. The summed E-state index contributed by atoms with van der Waals surface area (Å²) in [4.78, 5) is 33.2. The van der Waals surface area contributed by atoms with Gasteiger partial charge in [-0.05, 0) is 32.4 Å². The number of nitrogens with zero attached hydrogens (tertiary/aromatic N) is 8. The standard InChI is InChI=1S/C26H34N8O/c1-6-10-31(7-2)21-16-34(22-13-20(14-27)8-9-28-22)25-23(21)24(29-17-30-25)33-12-11-32(15-19(33)5)26(35)18(3)4/h8-9,13,16-19H,6-7,10-12,15H2,1-5H3/t19-/m0/s1. The molecule has 1 saturated heterocycles. The molecule has 0 N–H and O–H groups in total. The molecule has 9 nitrogen and oxygen atoms in total. The Balaban J connectivity index is 1.84. The highest BCUT2D eigenvalue weighted by Crippen LogP contribution is 2.37. The van der Waals surface area contributed by atoms with Gasteiger partial charge in [0, 0.05) is 57.1 Å². The van der Waals surface area contributed by atoms with Crippen molar-refractivity contribution in [2.45, 2.75) is 47.1 Å². The van der Waals surface area contributed by atoms with E-state index < -0.39 is 0 Å². The molecule has 1 fully saturated rings. The normalized spacial score (nSPS) is 16.1. The van der Waals surface area contributed by atoms with Gasteiger partial charge in [-0.3, -0.25) is 9.36 Å². The highest BCUT2D eigenvalue weighted by Gasteiger charge is 2.31. The molecule has 4 rings (SSSR count). The van der Waals surface area contributed by atoms with Crippen molar-refractivity contribution in [1.29, 1.82) is 5.26 Å². The number of pyridine rings is 1. The van der Waals surface area contributed by atoms with Crippen LogP contribution in [-0.2, 0) is 4.79 Å². The molecule has 3 aromatic rings. The molecule has 1 amide bonds. The van der Waals surface area contributed by atoms with Crippen molar-refractivity contribution in [2.75, 3.05) is 42.5 Å². The van der Waals surface area contributed by atoms with Gasteiger partial charge >= 0.3 is 0 Å². The summed E-state index contributed by atoms with van der Waals surface area (Å²) in [5.41, 5.74) is 2.36. The Kier molecular flexibility index (Phi) is 7.20. The molecule has 0 spiro atoms. The SMILES string of the molecule is CCCN(CC)c1cn(-c2cc(C#N)ccn2)c2ncnc(N3CCN(C(=O)C(C)C)C[C@@H]3C)c12. The number of hydrogen-bond donors (Lipinski definition) is 0. The van der Waals surface area contributed by atoms with Crippen molar-refractivity contribution < 1.29 is 4.79 Å². The van der Waals surface area contributed by atoms with Crippen LogP contribution in [0.1, 0.15) is 46.6 Å². The predicted molar refractivity (Wildman–Crippen MR) is 138 cm³/mol. The van der Waals surface area contributed by atoms with Crippen LogP contribution in [0.3, 0.4) is 0 Å². The van der Waals surface area contributed by atoms with Gasteiger partial charge in [-0.1, -0.05) is 20.8 Å². The van der Waals surface area contributed by atoms with E-state index in [0.717, 1.165) is 42.0 Å². The van der Waals surface area contributed by atoms with Gasteiger partial charge in [-0.2, -0.15) is 5.26 Å². The topological polar surface area (TPSA) is 94.2 Å². The van der Waals surface area contributed by atoms with Crippen LogP contribution in [0.25, 0.3) is 16.9 Å². The van der Waals surface area contributed by atoms with Crippen molar-refractivity contribution in [1.82, 2.24) is 24.4 Å². The van der Waals surface area contributed by atoms with E-state index in [4.69, 9.17) is 4.98 Å². The first-order valence-corrected chi connectivity index (χ1v) is 12.4. The van der Waals surface area contributed by atoms with Crippen LogP contribution >= 0.6 is 0 Å². The number of amides is 1. The maximum atomic E-state index is 12.6. The smallest absolute Gasteiger partial charge is 0.225 e. The summed E-state index contributed by atoms with van der Waals surface area (Å²) in [5, 5.41) is 10.4. The number of rotatable bonds is 7. The molecule has 0 bridgehead atoms. The second-order valence-corrected chi connectivity index (χ2v) is 9.36. The Morgan fingerprint density at radius 2 is 2.06 bits per heavy atom. The van der Waals surface area contributed by atoms with Crippen LogP contribution in [0.2, 0.25) is 0 Å². The van der Waals surface area contributed by atoms with E-state index in [-0.39, 0.29) is 17.9 Å². The second kappa shape index (κ2) is 10.3. The van der Waals surface area contributed by atoms with Crippen LogP contribution in [0.5, 0.6) is 0 Å². The average Bonchev–Trinajstić information content (AvgIpc) is 3.26. The van der Waals surface area contributed by atoms with Crippen molar-refractivity contribution in [3.8, 4) is 11.9 Å². The predicted octanol–water partition coefficient (Wildman–Crippen LogP) is 3.62. The van der Waals surface area contributed by atoms with E-state index >= 15 is 0 Å². The number of aromatic nitrogens is 4. The fourth-order valence-corrected chi connectivity index (χ4v) is 4.84. The Bertz CT molecular complexity index is 1240. The first-order valence-electron chi connectivity index (χ1n) is 12.4. The number of nitriles is 1. The molecule has 0 saturated carbocycles. The lowest BCUT2D eigenvalue weighted by Crippen LogP contribution is -2.54. The second-order valence-electron chi connectivity index (χ2n) is 9.36. The van der Waals surface area contributed by atoms with Crippen molar-refractivity contribution in [3.05, 3.63) is 36.4 Å². The average molecular weight is 475 g/mol. The van der Waals surface area contributed by atoms with Crippen molar-refractivity contribution >= 4 is 28.4 Å². The molecule has 35 heavy (non-hydrogen) atoms. The number of hydrogen-bond acceptors (Lipinski definition) is 7. The highest BCUT2D eigenvalue weighted by molar-refractivity contribution is 6.00. The van der Waals surface area contributed by atoms with Gasteiger partial charge in [0.1, 0.15) is 18.0 Å². The molecule has 184 valence electrons. The van der Waals surface area contributed by atoms with Crippen molar-refractivity contribution in [3.63, 3.8) is 0 Å². The quantitative estimate of drug-likeness (QED) is 0.516. The van der Waals surface area contributed by atoms with E-state index in [9.17, 15) is 10.1 Å². The van der Waals surface area contributed by atoms with Crippen LogP contribution in [0.15, 0.2) is 30.9 Å². The Morgan fingerprint density at radius 1 is 1.26 bits per heavy atom. The number of carbonyl (C=O) groups is 1. The number of anilines is 2.